The van der Waals surface area contributed by atoms with Crippen molar-refractivity contribution in [3.8, 4) is 0 Å². The Morgan fingerprint density at radius 1 is 1.18 bits per heavy atom. The van der Waals surface area contributed by atoms with Crippen LogP contribution in [0, 0.1) is 5.92 Å². The van der Waals surface area contributed by atoms with Crippen LogP contribution in [0.2, 0.25) is 0 Å². The molecular weight excluding hydrogens is 212 g/mol. The molecular formula is C15H22O2. The van der Waals surface area contributed by atoms with Crippen molar-refractivity contribution in [3.63, 3.8) is 0 Å². The Morgan fingerprint density at radius 2 is 1.76 bits per heavy atom. The van der Waals surface area contributed by atoms with Crippen LogP contribution in [-0.4, -0.2) is 17.8 Å². The fraction of sp³-hybridized carbons (Fsp3) is 0.600. The average Bonchev–Trinajstić information content (AvgIpc) is 2.74. The van der Waals surface area contributed by atoms with E-state index in [-0.39, 0.29) is 6.10 Å². The summed E-state index contributed by atoms with van der Waals surface area (Å²) in [4.78, 5) is 0. The third-order valence-corrected chi connectivity index (χ3v) is 3.70. The first-order valence-corrected chi connectivity index (χ1v) is 6.49. The average molecular weight is 234 g/mol. The van der Waals surface area contributed by atoms with E-state index in [0.29, 0.717) is 11.8 Å². The molecule has 0 aliphatic carbocycles. The Morgan fingerprint density at radius 3 is 2.24 bits per heavy atom. The molecule has 0 saturated carbocycles. The van der Waals surface area contributed by atoms with Gasteiger partial charge in [0.05, 0.1) is 6.10 Å². The van der Waals surface area contributed by atoms with Gasteiger partial charge in [-0.25, -0.2) is 0 Å². The van der Waals surface area contributed by atoms with Crippen molar-refractivity contribution in [2.75, 3.05) is 6.61 Å². The van der Waals surface area contributed by atoms with Crippen LogP contribution in [0.1, 0.15) is 50.3 Å². The van der Waals surface area contributed by atoms with Gasteiger partial charge in [0.2, 0.25) is 0 Å². The van der Waals surface area contributed by atoms with E-state index in [9.17, 15) is 5.11 Å². The number of ether oxygens (including phenoxy) is 1. The number of hydrogen-bond acceptors (Lipinski definition) is 2. The highest BCUT2D eigenvalue weighted by atomic mass is 16.5. The Labute approximate surface area is 104 Å². The lowest BCUT2D eigenvalue weighted by Gasteiger charge is -2.22. The van der Waals surface area contributed by atoms with Crippen LogP contribution in [0.25, 0.3) is 0 Å². The minimum absolute atomic E-state index is 0.0418. The first kappa shape index (κ1) is 12.6. The maximum absolute atomic E-state index is 10.3. The van der Waals surface area contributed by atoms with Crippen molar-refractivity contribution in [2.24, 2.45) is 5.92 Å². The zero-order valence-corrected chi connectivity index (χ0v) is 10.9. The van der Waals surface area contributed by atoms with E-state index in [1.807, 2.05) is 12.1 Å². The summed E-state index contributed by atoms with van der Waals surface area (Å²) >= 11 is 0. The molecule has 1 heterocycles. The lowest BCUT2D eigenvalue weighted by atomic mass is 9.93. The lowest BCUT2D eigenvalue weighted by molar-refractivity contribution is -0.0178. The number of aliphatic hydroxyl groups is 1. The highest BCUT2D eigenvalue weighted by Gasteiger charge is 2.31. The van der Waals surface area contributed by atoms with Gasteiger partial charge in [0.1, 0.15) is 6.10 Å². The highest BCUT2D eigenvalue weighted by Crippen LogP contribution is 2.31. The number of rotatable bonds is 3. The summed E-state index contributed by atoms with van der Waals surface area (Å²) in [6, 6.07) is 8.24. The molecule has 2 nitrogen and oxygen atoms in total. The largest absolute Gasteiger partial charge is 0.386 e. The SMILES string of the molecule is CC(C)c1ccc(C(O)C2OCCC2C)cc1. The minimum Gasteiger partial charge on any atom is -0.386 e. The summed E-state index contributed by atoms with van der Waals surface area (Å²) in [5, 5.41) is 10.3. The maximum Gasteiger partial charge on any atom is 0.105 e. The molecule has 3 unspecified atom stereocenters. The predicted molar refractivity (Wildman–Crippen MR) is 69.0 cm³/mol. The zero-order chi connectivity index (χ0) is 12.4. The van der Waals surface area contributed by atoms with Crippen molar-refractivity contribution in [3.05, 3.63) is 35.4 Å². The summed E-state index contributed by atoms with van der Waals surface area (Å²) in [6.45, 7) is 7.26. The molecule has 94 valence electrons. The van der Waals surface area contributed by atoms with E-state index >= 15 is 0 Å². The monoisotopic (exact) mass is 234 g/mol. The third-order valence-electron chi connectivity index (χ3n) is 3.70. The van der Waals surface area contributed by atoms with Gasteiger partial charge in [-0.15, -0.1) is 0 Å². The Bertz CT molecular complexity index is 356. The molecule has 1 N–H and O–H groups in total. The molecule has 1 aromatic rings. The molecule has 1 aliphatic heterocycles. The first-order valence-electron chi connectivity index (χ1n) is 6.49. The topological polar surface area (TPSA) is 29.5 Å². The molecule has 2 rings (SSSR count). The van der Waals surface area contributed by atoms with Crippen molar-refractivity contribution in [1.29, 1.82) is 0 Å². The second-order valence-electron chi connectivity index (χ2n) is 5.37. The van der Waals surface area contributed by atoms with Crippen molar-refractivity contribution in [1.82, 2.24) is 0 Å². The summed E-state index contributed by atoms with van der Waals surface area (Å²) in [5.41, 5.74) is 2.27. The molecule has 1 aromatic carbocycles. The van der Waals surface area contributed by atoms with E-state index < -0.39 is 6.10 Å². The van der Waals surface area contributed by atoms with Crippen molar-refractivity contribution >= 4 is 0 Å². The summed E-state index contributed by atoms with van der Waals surface area (Å²) in [7, 11) is 0. The van der Waals surface area contributed by atoms with Crippen LogP contribution in [0.4, 0.5) is 0 Å². The molecule has 1 saturated heterocycles. The fourth-order valence-electron chi connectivity index (χ4n) is 2.39. The second-order valence-corrected chi connectivity index (χ2v) is 5.37. The van der Waals surface area contributed by atoms with Crippen LogP contribution in [0.15, 0.2) is 24.3 Å². The molecule has 1 aliphatic rings. The van der Waals surface area contributed by atoms with E-state index in [1.165, 1.54) is 5.56 Å². The molecule has 0 bridgehead atoms. The van der Waals surface area contributed by atoms with Gasteiger partial charge < -0.3 is 9.84 Å². The lowest BCUT2D eigenvalue weighted by Crippen LogP contribution is -2.22. The van der Waals surface area contributed by atoms with Crippen LogP contribution in [0.5, 0.6) is 0 Å². The number of benzene rings is 1. The van der Waals surface area contributed by atoms with Crippen LogP contribution >= 0.6 is 0 Å². The van der Waals surface area contributed by atoms with Crippen LogP contribution < -0.4 is 0 Å². The van der Waals surface area contributed by atoms with Gasteiger partial charge in [-0.1, -0.05) is 45.0 Å². The normalized spacial score (nSPS) is 26.4. The zero-order valence-electron chi connectivity index (χ0n) is 10.9. The smallest absolute Gasteiger partial charge is 0.105 e. The van der Waals surface area contributed by atoms with Gasteiger partial charge in [-0.3, -0.25) is 0 Å². The van der Waals surface area contributed by atoms with E-state index in [0.717, 1.165) is 18.6 Å². The maximum atomic E-state index is 10.3. The third kappa shape index (κ3) is 2.70. The molecule has 0 amide bonds. The molecule has 0 aromatic heterocycles. The summed E-state index contributed by atoms with van der Waals surface area (Å²) in [5.74, 6) is 0.970. The van der Waals surface area contributed by atoms with Gasteiger partial charge >= 0.3 is 0 Å². The molecule has 1 fully saturated rings. The standard InChI is InChI=1S/C15H22O2/c1-10(2)12-4-6-13(7-5-12)14(16)15-11(3)8-9-17-15/h4-7,10-11,14-16H,8-9H2,1-3H3. The van der Waals surface area contributed by atoms with Gasteiger partial charge in [-0.2, -0.15) is 0 Å². The molecule has 0 radical (unpaired) electrons. The van der Waals surface area contributed by atoms with Crippen molar-refractivity contribution < 1.29 is 9.84 Å². The van der Waals surface area contributed by atoms with Gasteiger partial charge in [0.15, 0.2) is 0 Å². The highest BCUT2D eigenvalue weighted by molar-refractivity contribution is 5.26. The summed E-state index contributed by atoms with van der Waals surface area (Å²) < 4.78 is 5.61. The number of aliphatic hydroxyl groups excluding tert-OH is 1. The Hall–Kier alpha value is -0.860. The van der Waals surface area contributed by atoms with Gasteiger partial charge in [0.25, 0.3) is 0 Å². The minimum atomic E-state index is -0.492. The first-order chi connectivity index (χ1) is 8.09. The Kier molecular flexibility index (Phi) is 3.85. The quantitative estimate of drug-likeness (QED) is 0.869. The van der Waals surface area contributed by atoms with Gasteiger partial charge in [-0.05, 0) is 29.4 Å². The Balaban J connectivity index is 2.11. The molecule has 2 heteroatoms. The van der Waals surface area contributed by atoms with Crippen LogP contribution in [-0.2, 0) is 4.74 Å². The number of hydrogen-bond donors (Lipinski definition) is 1. The molecule has 17 heavy (non-hydrogen) atoms. The van der Waals surface area contributed by atoms with Crippen molar-refractivity contribution in [2.45, 2.75) is 45.3 Å². The summed E-state index contributed by atoms with van der Waals surface area (Å²) in [6.07, 6.45) is 0.514. The van der Waals surface area contributed by atoms with Gasteiger partial charge in [0, 0.05) is 6.61 Å². The predicted octanol–water partition coefficient (Wildman–Crippen LogP) is 3.27. The van der Waals surface area contributed by atoms with E-state index in [1.54, 1.807) is 0 Å². The second kappa shape index (κ2) is 5.19. The van der Waals surface area contributed by atoms with E-state index in [4.69, 9.17) is 4.74 Å². The van der Waals surface area contributed by atoms with Crippen LogP contribution in [0.3, 0.4) is 0 Å². The molecule has 0 spiro atoms. The fourth-order valence-corrected chi connectivity index (χ4v) is 2.39. The van der Waals surface area contributed by atoms with E-state index in [2.05, 4.69) is 32.9 Å². The molecule has 3 atom stereocenters.